The molecule has 2 aromatic carbocycles. The van der Waals surface area contributed by atoms with Gasteiger partial charge in [0.05, 0.1) is 0 Å². The van der Waals surface area contributed by atoms with Gasteiger partial charge in [-0.15, -0.1) is 0 Å². The summed E-state index contributed by atoms with van der Waals surface area (Å²) in [4.78, 5) is 22.5. The van der Waals surface area contributed by atoms with Crippen molar-refractivity contribution in [2.45, 2.75) is 0 Å². The van der Waals surface area contributed by atoms with Crippen molar-refractivity contribution in [3.05, 3.63) is 47.5 Å². The summed E-state index contributed by atoms with van der Waals surface area (Å²) >= 11 is 3.51. The van der Waals surface area contributed by atoms with Crippen molar-refractivity contribution in [3.8, 4) is 0 Å². The molecular formula is C12H6I2O2. The van der Waals surface area contributed by atoms with Gasteiger partial charge in [-0.25, -0.2) is 0 Å². The number of hydrogen-bond acceptors (Lipinski definition) is 2. The molecule has 0 spiro atoms. The monoisotopic (exact) mass is 436 g/mol. The maximum atomic E-state index is 11.2. The molecule has 0 fully saturated rings. The smallest absolute Gasteiger partial charge is 0.222 e. The second-order valence-electron chi connectivity index (χ2n) is 3.32. The molecule has 0 saturated heterocycles. The number of hydrogen-bond donors (Lipinski definition) is 0. The van der Waals surface area contributed by atoms with E-state index in [1.807, 2.05) is 24.3 Å². The van der Waals surface area contributed by atoms with E-state index in [0.29, 0.717) is 11.1 Å². The first-order chi connectivity index (χ1) is 7.58. The third-order valence-corrected chi connectivity index (χ3v) is 3.54. The van der Waals surface area contributed by atoms with Crippen LogP contribution < -0.4 is 0 Å². The largest absolute Gasteiger partial charge is 0.282 e. The summed E-state index contributed by atoms with van der Waals surface area (Å²) in [5, 5.41) is 1.95. The summed E-state index contributed by atoms with van der Waals surface area (Å²) in [6, 6.07) is 11.0. The minimum atomic E-state index is 0.00528. The number of halogens is 2. The molecule has 4 heteroatoms. The average Bonchev–Trinajstić information content (AvgIpc) is 2.27. The average molecular weight is 436 g/mol. The molecule has 16 heavy (non-hydrogen) atoms. The second-order valence-corrected chi connectivity index (χ2v) is 5.28. The number of carbonyl (C=O) groups is 2. The Labute approximate surface area is 120 Å². The van der Waals surface area contributed by atoms with Gasteiger partial charge in [0.2, 0.25) is 7.58 Å². The Morgan fingerprint density at radius 3 is 1.56 bits per heavy atom. The van der Waals surface area contributed by atoms with Gasteiger partial charge in [0.15, 0.2) is 0 Å². The van der Waals surface area contributed by atoms with E-state index in [-0.39, 0.29) is 7.58 Å². The Morgan fingerprint density at radius 1 is 0.750 bits per heavy atom. The van der Waals surface area contributed by atoms with Crippen LogP contribution in [0.2, 0.25) is 0 Å². The number of rotatable bonds is 2. The molecule has 0 amide bonds. The van der Waals surface area contributed by atoms with Gasteiger partial charge in [0.1, 0.15) is 0 Å². The maximum absolute atomic E-state index is 11.2. The molecule has 0 radical (unpaired) electrons. The van der Waals surface area contributed by atoms with Crippen molar-refractivity contribution in [2.24, 2.45) is 0 Å². The molecule has 0 bridgehead atoms. The van der Waals surface area contributed by atoms with Crippen LogP contribution in [0.4, 0.5) is 0 Å². The van der Waals surface area contributed by atoms with Crippen LogP contribution in [0.1, 0.15) is 20.7 Å². The van der Waals surface area contributed by atoms with Crippen molar-refractivity contribution in [3.63, 3.8) is 0 Å². The van der Waals surface area contributed by atoms with Gasteiger partial charge in [-0.2, -0.15) is 0 Å². The van der Waals surface area contributed by atoms with Crippen LogP contribution in [0.3, 0.4) is 0 Å². The van der Waals surface area contributed by atoms with Crippen molar-refractivity contribution < 1.29 is 9.59 Å². The molecule has 0 atom stereocenters. The summed E-state index contributed by atoms with van der Waals surface area (Å²) in [5.41, 5.74) is 1.32. The van der Waals surface area contributed by atoms with Crippen molar-refractivity contribution in [1.82, 2.24) is 0 Å². The Kier molecular flexibility index (Phi) is 3.58. The van der Waals surface area contributed by atoms with Gasteiger partial charge in [-0.1, -0.05) is 12.1 Å². The topological polar surface area (TPSA) is 34.1 Å². The summed E-state index contributed by atoms with van der Waals surface area (Å²) in [5.74, 6) is 0. The Bertz CT molecular complexity index is 542. The molecule has 0 aromatic heterocycles. The molecule has 2 aromatic rings. The fraction of sp³-hybridized carbons (Fsp3) is 0. The zero-order valence-corrected chi connectivity index (χ0v) is 12.4. The molecule has 0 aliphatic rings. The zero-order valence-electron chi connectivity index (χ0n) is 8.04. The van der Waals surface area contributed by atoms with Crippen molar-refractivity contribution >= 4 is 63.5 Å². The van der Waals surface area contributed by atoms with Gasteiger partial charge in [-0.3, -0.25) is 9.59 Å². The van der Waals surface area contributed by atoms with Crippen LogP contribution in [0.15, 0.2) is 36.4 Å². The van der Waals surface area contributed by atoms with Gasteiger partial charge < -0.3 is 0 Å². The van der Waals surface area contributed by atoms with Crippen LogP contribution in [0, 0.1) is 0 Å². The SMILES string of the molecule is O=C(I)c1ccc2ccc(C(=O)I)cc2c1. The minimum Gasteiger partial charge on any atom is -0.282 e. The van der Waals surface area contributed by atoms with E-state index in [1.165, 1.54) is 0 Å². The highest BCUT2D eigenvalue weighted by molar-refractivity contribution is 14.1. The van der Waals surface area contributed by atoms with Crippen LogP contribution in [-0.4, -0.2) is 7.58 Å². The minimum absolute atomic E-state index is 0.00528. The standard InChI is InChI=1S/C12H6I2O2/c13-11(15)8-3-1-7-2-4-9(12(14)16)6-10(7)5-8/h1-6H. The highest BCUT2D eigenvalue weighted by Crippen LogP contribution is 2.20. The van der Waals surface area contributed by atoms with E-state index in [2.05, 4.69) is 0 Å². The lowest BCUT2D eigenvalue weighted by atomic mass is 10.1. The Morgan fingerprint density at radius 2 is 1.19 bits per heavy atom. The summed E-state index contributed by atoms with van der Waals surface area (Å²) in [6.07, 6.45) is 0. The van der Waals surface area contributed by atoms with E-state index in [9.17, 15) is 9.59 Å². The Balaban J connectivity index is 2.65. The van der Waals surface area contributed by atoms with Crippen LogP contribution in [0.25, 0.3) is 10.8 Å². The van der Waals surface area contributed by atoms with E-state index < -0.39 is 0 Å². The highest BCUT2D eigenvalue weighted by Gasteiger charge is 2.05. The highest BCUT2D eigenvalue weighted by atomic mass is 127. The second kappa shape index (κ2) is 4.79. The first-order valence-corrected chi connectivity index (χ1v) is 6.67. The third kappa shape index (κ3) is 2.42. The lowest BCUT2D eigenvalue weighted by molar-refractivity contribution is 0.109. The summed E-state index contributed by atoms with van der Waals surface area (Å²) in [6.45, 7) is 0. The molecule has 0 N–H and O–H groups in total. The molecule has 0 heterocycles. The molecule has 0 aliphatic heterocycles. The van der Waals surface area contributed by atoms with Gasteiger partial charge >= 0.3 is 0 Å². The van der Waals surface area contributed by atoms with Crippen molar-refractivity contribution in [2.75, 3.05) is 0 Å². The molecule has 2 nitrogen and oxygen atoms in total. The van der Waals surface area contributed by atoms with Crippen LogP contribution in [-0.2, 0) is 0 Å². The maximum Gasteiger partial charge on any atom is 0.222 e. The summed E-state index contributed by atoms with van der Waals surface area (Å²) < 4.78 is 0.0106. The molecule has 80 valence electrons. The molecule has 0 unspecified atom stereocenters. The molecule has 0 saturated carbocycles. The molecule has 0 aliphatic carbocycles. The van der Waals surface area contributed by atoms with E-state index >= 15 is 0 Å². The van der Waals surface area contributed by atoms with Gasteiger partial charge in [-0.05, 0) is 35.0 Å². The van der Waals surface area contributed by atoms with E-state index in [1.54, 1.807) is 57.3 Å². The first-order valence-electron chi connectivity index (χ1n) is 4.51. The fourth-order valence-corrected chi connectivity index (χ4v) is 2.16. The predicted octanol–water partition coefficient (Wildman–Crippen LogP) is 3.99. The lowest BCUT2D eigenvalue weighted by Gasteiger charge is -2.01. The first kappa shape index (κ1) is 12.0. The number of carbonyl (C=O) groups excluding carboxylic acids is 2. The zero-order chi connectivity index (χ0) is 11.7. The van der Waals surface area contributed by atoms with Gasteiger partial charge in [0, 0.05) is 56.3 Å². The van der Waals surface area contributed by atoms with E-state index in [4.69, 9.17) is 0 Å². The number of benzene rings is 2. The van der Waals surface area contributed by atoms with Gasteiger partial charge in [0.25, 0.3) is 0 Å². The Hall–Kier alpha value is -0.500. The summed E-state index contributed by atoms with van der Waals surface area (Å²) in [7, 11) is 0. The predicted molar refractivity (Wildman–Crippen MR) is 80.6 cm³/mol. The lowest BCUT2D eigenvalue weighted by Crippen LogP contribution is -1.90. The van der Waals surface area contributed by atoms with Crippen LogP contribution >= 0.6 is 45.2 Å². The third-order valence-electron chi connectivity index (χ3n) is 2.29. The normalized spacial score (nSPS) is 10.4. The van der Waals surface area contributed by atoms with E-state index in [0.717, 1.165) is 10.8 Å². The number of fused-ring (bicyclic) bond motifs is 1. The van der Waals surface area contributed by atoms with Crippen molar-refractivity contribution in [1.29, 1.82) is 0 Å². The quantitative estimate of drug-likeness (QED) is 0.528. The fourth-order valence-electron chi connectivity index (χ4n) is 1.49. The van der Waals surface area contributed by atoms with Crippen LogP contribution in [0.5, 0.6) is 0 Å². The molecular weight excluding hydrogens is 430 g/mol. The molecule has 2 rings (SSSR count).